The lowest BCUT2D eigenvalue weighted by atomic mass is 10.2. The van der Waals surface area contributed by atoms with E-state index in [1.54, 1.807) is 0 Å². The highest BCUT2D eigenvalue weighted by atomic mass is 79.9. The Kier molecular flexibility index (Phi) is 5.34. The highest BCUT2D eigenvalue weighted by molar-refractivity contribution is 9.09. The molecule has 0 aromatic rings. The van der Waals surface area contributed by atoms with Gasteiger partial charge in [0.1, 0.15) is 0 Å². The summed E-state index contributed by atoms with van der Waals surface area (Å²) in [5.41, 5.74) is 0. The Morgan fingerprint density at radius 3 is 2.46 bits per heavy atom. The molecule has 0 amide bonds. The van der Waals surface area contributed by atoms with Crippen molar-refractivity contribution in [1.82, 2.24) is 4.90 Å². The Balaban J connectivity index is 2.12. The molecule has 1 nitrogen and oxygen atoms in total. The van der Waals surface area contributed by atoms with Crippen LogP contribution < -0.4 is 0 Å². The first kappa shape index (κ1) is 11.5. The van der Waals surface area contributed by atoms with Crippen LogP contribution in [0.15, 0.2) is 0 Å². The molecule has 0 aliphatic heterocycles. The maximum Gasteiger partial charge on any atom is 0.00387 e. The summed E-state index contributed by atoms with van der Waals surface area (Å²) < 4.78 is 0. The van der Waals surface area contributed by atoms with Crippen LogP contribution in [0.2, 0.25) is 0 Å². The van der Waals surface area contributed by atoms with Crippen molar-refractivity contribution < 1.29 is 0 Å². The zero-order chi connectivity index (χ0) is 9.68. The second-order valence-electron chi connectivity index (χ2n) is 4.43. The fourth-order valence-corrected chi connectivity index (χ4v) is 2.00. The van der Waals surface area contributed by atoms with Crippen molar-refractivity contribution >= 4 is 15.9 Å². The van der Waals surface area contributed by atoms with E-state index in [1.807, 2.05) is 0 Å². The number of nitrogens with zero attached hydrogens (tertiary/aromatic N) is 1. The lowest BCUT2D eigenvalue weighted by Crippen LogP contribution is -2.33. The molecule has 0 heterocycles. The highest BCUT2D eigenvalue weighted by Gasteiger charge is 2.24. The van der Waals surface area contributed by atoms with Crippen LogP contribution in [-0.2, 0) is 0 Å². The summed E-state index contributed by atoms with van der Waals surface area (Å²) in [6.07, 6.45) is 5.60. The summed E-state index contributed by atoms with van der Waals surface area (Å²) in [6.45, 7) is 7.27. The summed E-state index contributed by atoms with van der Waals surface area (Å²) in [6, 6.07) is 0.732. The van der Waals surface area contributed by atoms with Crippen molar-refractivity contribution in [3.05, 3.63) is 0 Å². The molecule has 0 radical (unpaired) electrons. The fourth-order valence-electron chi connectivity index (χ4n) is 1.60. The van der Waals surface area contributed by atoms with Gasteiger partial charge in [-0.25, -0.2) is 0 Å². The third-order valence-corrected chi connectivity index (χ3v) is 3.31. The molecule has 13 heavy (non-hydrogen) atoms. The fraction of sp³-hybridized carbons (Fsp3) is 1.00. The largest absolute Gasteiger partial charge is 0.301 e. The van der Waals surface area contributed by atoms with Crippen molar-refractivity contribution in [2.45, 2.75) is 45.6 Å². The Morgan fingerprint density at radius 1 is 1.31 bits per heavy atom. The molecule has 0 unspecified atom stereocenters. The number of rotatable bonds is 7. The number of unbranched alkanes of at least 4 members (excludes halogenated alkanes) is 1. The first-order chi connectivity index (χ1) is 6.24. The molecule has 78 valence electrons. The van der Waals surface area contributed by atoms with Crippen molar-refractivity contribution in [3.8, 4) is 0 Å². The second-order valence-corrected chi connectivity index (χ2v) is 5.22. The van der Waals surface area contributed by atoms with Gasteiger partial charge in [0.2, 0.25) is 0 Å². The Morgan fingerprint density at radius 2 is 2.00 bits per heavy atom. The van der Waals surface area contributed by atoms with Gasteiger partial charge in [-0.2, -0.15) is 0 Å². The third kappa shape index (κ3) is 5.02. The standard InChI is InChI=1S/C11H22BrN/c1-10(2)13(8-4-3-7-12)9-11-5-6-11/h10-11H,3-9H2,1-2H3. The zero-order valence-corrected chi connectivity index (χ0v) is 10.5. The molecular weight excluding hydrogens is 226 g/mol. The minimum atomic E-state index is 0.732. The van der Waals surface area contributed by atoms with Crippen LogP contribution >= 0.6 is 15.9 Å². The van der Waals surface area contributed by atoms with Crippen molar-refractivity contribution in [2.24, 2.45) is 5.92 Å². The molecule has 0 atom stereocenters. The third-order valence-electron chi connectivity index (χ3n) is 2.75. The van der Waals surface area contributed by atoms with Crippen LogP contribution in [0, 0.1) is 5.92 Å². The molecule has 1 aliphatic rings. The molecule has 0 saturated heterocycles. The molecule has 2 heteroatoms. The van der Waals surface area contributed by atoms with Crippen LogP contribution in [-0.4, -0.2) is 29.4 Å². The van der Waals surface area contributed by atoms with Gasteiger partial charge >= 0.3 is 0 Å². The Labute approximate surface area is 91.0 Å². The van der Waals surface area contributed by atoms with E-state index in [2.05, 4.69) is 34.7 Å². The summed E-state index contributed by atoms with van der Waals surface area (Å²) in [5, 5.41) is 1.16. The maximum absolute atomic E-state index is 3.48. The summed E-state index contributed by atoms with van der Waals surface area (Å²) in [7, 11) is 0. The molecule has 1 aliphatic carbocycles. The number of hydrogen-bond acceptors (Lipinski definition) is 1. The quantitative estimate of drug-likeness (QED) is 0.493. The van der Waals surface area contributed by atoms with Gasteiger partial charge in [-0.3, -0.25) is 0 Å². The summed E-state index contributed by atoms with van der Waals surface area (Å²) >= 11 is 3.48. The van der Waals surface area contributed by atoms with E-state index in [-0.39, 0.29) is 0 Å². The molecule has 1 rings (SSSR count). The molecule has 0 N–H and O–H groups in total. The number of alkyl halides is 1. The van der Waals surface area contributed by atoms with Crippen LogP contribution in [0.1, 0.15) is 39.5 Å². The van der Waals surface area contributed by atoms with E-state index in [1.165, 1.54) is 38.8 Å². The molecule has 0 spiro atoms. The number of halogens is 1. The summed E-state index contributed by atoms with van der Waals surface area (Å²) in [5.74, 6) is 1.03. The second kappa shape index (κ2) is 6.02. The Hall–Kier alpha value is 0.440. The molecular formula is C11H22BrN. The molecule has 1 saturated carbocycles. The van der Waals surface area contributed by atoms with Crippen molar-refractivity contribution in [1.29, 1.82) is 0 Å². The highest BCUT2D eigenvalue weighted by Crippen LogP contribution is 2.30. The minimum Gasteiger partial charge on any atom is -0.301 e. The first-order valence-corrected chi connectivity index (χ1v) is 6.66. The summed E-state index contributed by atoms with van der Waals surface area (Å²) in [4.78, 5) is 2.64. The van der Waals surface area contributed by atoms with Crippen LogP contribution in [0.4, 0.5) is 0 Å². The SMILES string of the molecule is CC(C)N(CCCCBr)CC1CC1. The van der Waals surface area contributed by atoms with Gasteiger partial charge in [-0.15, -0.1) is 0 Å². The molecule has 1 fully saturated rings. The van der Waals surface area contributed by atoms with E-state index in [0.717, 1.165) is 17.3 Å². The first-order valence-electron chi connectivity index (χ1n) is 5.54. The van der Waals surface area contributed by atoms with Gasteiger partial charge in [0.05, 0.1) is 0 Å². The maximum atomic E-state index is 3.48. The van der Waals surface area contributed by atoms with Gasteiger partial charge in [0.15, 0.2) is 0 Å². The smallest absolute Gasteiger partial charge is 0.00387 e. The van der Waals surface area contributed by atoms with Gasteiger partial charge < -0.3 is 4.90 Å². The van der Waals surface area contributed by atoms with Gasteiger partial charge in [-0.1, -0.05) is 15.9 Å². The van der Waals surface area contributed by atoms with Gasteiger partial charge in [0.25, 0.3) is 0 Å². The number of hydrogen-bond donors (Lipinski definition) is 0. The van der Waals surface area contributed by atoms with Crippen LogP contribution in [0.5, 0.6) is 0 Å². The molecule has 0 aromatic heterocycles. The Bertz CT molecular complexity index is 132. The zero-order valence-electron chi connectivity index (χ0n) is 8.93. The van der Waals surface area contributed by atoms with E-state index in [9.17, 15) is 0 Å². The van der Waals surface area contributed by atoms with Crippen LogP contribution in [0.25, 0.3) is 0 Å². The predicted octanol–water partition coefficient (Wildman–Crippen LogP) is 3.28. The average molecular weight is 248 g/mol. The van der Waals surface area contributed by atoms with Crippen LogP contribution in [0.3, 0.4) is 0 Å². The van der Waals surface area contributed by atoms with Gasteiger partial charge in [0, 0.05) is 17.9 Å². The predicted molar refractivity (Wildman–Crippen MR) is 62.5 cm³/mol. The lowest BCUT2D eigenvalue weighted by Gasteiger charge is -2.26. The molecule has 0 aromatic carbocycles. The molecule has 0 bridgehead atoms. The van der Waals surface area contributed by atoms with E-state index in [4.69, 9.17) is 0 Å². The monoisotopic (exact) mass is 247 g/mol. The van der Waals surface area contributed by atoms with Crippen molar-refractivity contribution in [2.75, 3.05) is 18.4 Å². The van der Waals surface area contributed by atoms with E-state index < -0.39 is 0 Å². The van der Waals surface area contributed by atoms with Crippen molar-refractivity contribution in [3.63, 3.8) is 0 Å². The topological polar surface area (TPSA) is 3.24 Å². The van der Waals surface area contributed by atoms with Gasteiger partial charge in [-0.05, 0) is 52.0 Å². The lowest BCUT2D eigenvalue weighted by molar-refractivity contribution is 0.210. The van der Waals surface area contributed by atoms with E-state index in [0.29, 0.717) is 0 Å². The normalized spacial score (nSPS) is 17.3. The minimum absolute atomic E-state index is 0.732. The van der Waals surface area contributed by atoms with E-state index >= 15 is 0 Å². The average Bonchev–Trinajstić information content (AvgIpc) is 2.86.